The minimum absolute atomic E-state index is 0.0254. The van der Waals surface area contributed by atoms with Crippen molar-refractivity contribution in [2.24, 2.45) is 5.92 Å². The SMILES string of the molecule is CCOC(=O)C(C(SC(c1ccccc1)C(O)c1cccc(C(F)(F)F)c1)C(C)C)P(=O)(OCC)OCC. The van der Waals surface area contributed by atoms with Gasteiger partial charge < -0.3 is 18.9 Å². The van der Waals surface area contributed by atoms with Gasteiger partial charge in [0.05, 0.1) is 36.7 Å². The Balaban J connectivity index is 2.64. The molecule has 38 heavy (non-hydrogen) atoms. The summed E-state index contributed by atoms with van der Waals surface area (Å²) >= 11 is 1.14. The van der Waals surface area contributed by atoms with Crippen LogP contribution in [0.5, 0.6) is 0 Å². The smallest absolute Gasteiger partial charge is 0.416 e. The van der Waals surface area contributed by atoms with Gasteiger partial charge in [0.25, 0.3) is 0 Å². The number of hydrogen-bond donors (Lipinski definition) is 1. The summed E-state index contributed by atoms with van der Waals surface area (Å²) in [6, 6.07) is 13.3. The number of aliphatic hydroxyl groups excluding tert-OH is 1. The third kappa shape index (κ3) is 8.33. The average Bonchev–Trinajstić information content (AvgIpc) is 2.86. The van der Waals surface area contributed by atoms with E-state index in [9.17, 15) is 27.6 Å². The van der Waals surface area contributed by atoms with E-state index in [1.807, 2.05) is 13.8 Å². The molecule has 0 spiro atoms. The molecule has 6 nitrogen and oxygen atoms in total. The maximum absolute atomic E-state index is 13.9. The molecule has 2 aromatic rings. The van der Waals surface area contributed by atoms with Crippen LogP contribution in [0.25, 0.3) is 0 Å². The molecular formula is C27H36F3O6PS. The molecule has 4 unspecified atom stereocenters. The molecule has 2 aromatic carbocycles. The number of esters is 1. The fourth-order valence-electron chi connectivity index (χ4n) is 4.05. The predicted molar refractivity (Wildman–Crippen MR) is 143 cm³/mol. The highest BCUT2D eigenvalue weighted by Gasteiger charge is 2.50. The van der Waals surface area contributed by atoms with Crippen molar-refractivity contribution in [3.05, 3.63) is 71.3 Å². The molecule has 11 heteroatoms. The average molecular weight is 577 g/mol. The van der Waals surface area contributed by atoms with Gasteiger partial charge in [-0.3, -0.25) is 9.36 Å². The Hall–Kier alpha value is -1.84. The quantitative estimate of drug-likeness (QED) is 0.185. The lowest BCUT2D eigenvalue weighted by Gasteiger charge is -2.36. The van der Waals surface area contributed by atoms with E-state index in [1.165, 1.54) is 12.1 Å². The van der Waals surface area contributed by atoms with Crippen LogP contribution >= 0.6 is 19.4 Å². The molecule has 0 aliphatic rings. The molecule has 0 fully saturated rings. The summed E-state index contributed by atoms with van der Waals surface area (Å²) < 4.78 is 70.6. The zero-order valence-corrected chi connectivity index (χ0v) is 23.9. The molecule has 0 saturated heterocycles. The van der Waals surface area contributed by atoms with Crippen LogP contribution in [0.15, 0.2) is 54.6 Å². The lowest BCUT2D eigenvalue weighted by atomic mass is 9.99. The standard InChI is InChI=1S/C27H36F3O6PS/c1-6-34-26(32)23(37(33,35-7-2)36-8-3)24(18(4)5)38-25(19-13-10-9-11-14-19)22(31)20-15-12-16-21(17-20)27(28,29)30/h9-18,22-25,31H,6-8H2,1-5H3. The summed E-state index contributed by atoms with van der Waals surface area (Å²) in [5.41, 5.74) is -1.52. The maximum Gasteiger partial charge on any atom is 0.416 e. The van der Waals surface area contributed by atoms with Crippen LogP contribution in [0, 0.1) is 5.92 Å². The Kier molecular flexibility index (Phi) is 12.4. The van der Waals surface area contributed by atoms with E-state index in [4.69, 9.17) is 13.8 Å². The number of alkyl halides is 3. The molecule has 0 amide bonds. The minimum atomic E-state index is -4.58. The Morgan fingerprint density at radius 1 is 0.947 bits per heavy atom. The second kappa shape index (κ2) is 14.5. The first-order valence-corrected chi connectivity index (χ1v) is 15.1. The molecule has 4 atom stereocenters. The van der Waals surface area contributed by atoms with Crippen molar-refractivity contribution < 1.29 is 41.4 Å². The highest BCUT2D eigenvalue weighted by atomic mass is 32.2. The van der Waals surface area contributed by atoms with Gasteiger partial charge in [0.1, 0.15) is 0 Å². The van der Waals surface area contributed by atoms with Gasteiger partial charge in [0.15, 0.2) is 5.66 Å². The first kappa shape index (κ1) is 32.4. The summed E-state index contributed by atoms with van der Waals surface area (Å²) in [5, 5.41) is 9.89. The zero-order chi connectivity index (χ0) is 28.5. The zero-order valence-electron chi connectivity index (χ0n) is 22.2. The van der Waals surface area contributed by atoms with Gasteiger partial charge in [-0.05, 0) is 49.9 Å². The van der Waals surface area contributed by atoms with E-state index in [2.05, 4.69) is 0 Å². The molecule has 0 saturated carbocycles. The van der Waals surface area contributed by atoms with Crippen LogP contribution in [0.4, 0.5) is 13.2 Å². The Morgan fingerprint density at radius 3 is 2.03 bits per heavy atom. The molecule has 0 heterocycles. The summed E-state index contributed by atoms with van der Waals surface area (Å²) in [4.78, 5) is 13.2. The van der Waals surface area contributed by atoms with Crippen molar-refractivity contribution in [3.8, 4) is 0 Å². The molecule has 212 valence electrons. The minimum Gasteiger partial charge on any atom is -0.465 e. The molecule has 0 aliphatic heterocycles. The number of thioether (sulfide) groups is 1. The van der Waals surface area contributed by atoms with Crippen LogP contribution in [-0.2, 0) is 29.3 Å². The van der Waals surface area contributed by atoms with Gasteiger partial charge >= 0.3 is 19.7 Å². The second-order valence-corrected chi connectivity index (χ2v) is 12.3. The molecule has 0 aromatic heterocycles. The topological polar surface area (TPSA) is 82.1 Å². The molecule has 0 aliphatic carbocycles. The fourth-order valence-corrected chi connectivity index (χ4v) is 8.39. The summed E-state index contributed by atoms with van der Waals surface area (Å²) in [6.07, 6.45) is -5.96. The van der Waals surface area contributed by atoms with Crippen LogP contribution in [0.2, 0.25) is 0 Å². The van der Waals surface area contributed by atoms with Crippen LogP contribution < -0.4 is 0 Å². The van der Waals surface area contributed by atoms with Crippen molar-refractivity contribution in [2.75, 3.05) is 19.8 Å². The number of hydrogen-bond acceptors (Lipinski definition) is 7. The van der Waals surface area contributed by atoms with Crippen LogP contribution in [0.1, 0.15) is 62.7 Å². The van der Waals surface area contributed by atoms with Gasteiger partial charge in [0, 0.05) is 5.25 Å². The van der Waals surface area contributed by atoms with Gasteiger partial charge in [0.2, 0.25) is 0 Å². The third-order valence-electron chi connectivity index (χ3n) is 5.73. The second-order valence-electron chi connectivity index (χ2n) is 8.82. The highest BCUT2D eigenvalue weighted by Crippen LogP contribution is 2.59. The van der Waals surface area contributed by atoms with Crippen molar-refractivity contribution in [1.82, 2.24) is 0 Å². The van der Waals surface area contributed by atoms with E-state index in [-0.39, 0.29) is 31.3 Å². The van der Waals surface area contributed by atoms with Crippen molar-refractivity contribution in [1.29, 1.82) is 0 Å². The lowest BCUT2D eigenvalue weighted by molar-refractivity contribution is -0.143. The molecular weight excluding hydrogens is 540 g/mol. The van der Waals surface area contributed by atoms with Crippen molar-refractivity contribution >= 4 is 25.3 Å². The Labute approximate surface area is 226 Å². The van der Waals surface area contributed by atoms with Gasteiger partial charge in [-0.1, -0.05) is 56.3 Å². The molecule has 0 radical (unpaired) electrons. The van der Waals surface area contributed by atoms with E-state index < -0.39 is 47.6 Å². The third-order valence-corrected chi connectivity index (χ3v) is 10.3. The highest BCUT2D eigenvalue weighted by molar-refractivity contribution is 8.00. The van der Waals surface area contributed by atoms with Gasteiger partial charge in [-0.25, -0.2) is 0 Å². The summed E-state index contributed by atoms with van der Waals surface area (Å²) in [6.45, 7) is 8.64. The number of aliphatic hydroxyl groups is 1. The van der Waals surface area contributed by atoms with E-state index >= 15 is 0 Å². The monoisotopic (exact) mass is 576 g/mol. The van der Waals surface area contributed by atoms with Crippen LogP contribution in [0.3, 0.4) is 0 Å². The number of benzene rings is 2. The first-order valence-electron chi connectivity index (χ1n) is 12.5. The predicted octanol–water partition coefficient (Wildman–Crippen LogP) is 7.44. The number of rotatable bonds is 14. The van der Waals surface area contributed by atoms with Gasteiger partial charge in [-0.2, -0.15) is 13.2 Å². The van der Waals surface area contributed by atoms with Crippen molar-refractivity contribution in [2.45, 2.75) is 63.1 Å². The summed E-state index contributed by atoms with van der Waals surface area (Å²) in [5.74, 6) is -1.05. The Bertz CT molecular complexity index is 1060. The normalized spacial score (nSPS) is 15.6. The largest absolute Gasteiger partial charge is 0.465 e. The first-order chi connectivity index (χ1) is 17.9. The molecule has 1 N–H and O–H groups in total. The summed E-state index contributed by atoms with van der Waals surface area (Å²) in [7, 11) is -4.03. The van der Waals surface area contributed by atoms with Gasteiger partial charge in [-0.15, -0.1) is 11.8 Å². The fraction of sp³-hybridized carbons (Fsp3) is 0.519. The molecule has 2 rings (SSSR count). The Morgan fingerprint density at radius 2 is 1.53 bits per heavy atom. The number of carbonyl (C=O) groups is 1. The van der Waals surface area contributed by atoms with E-state index in [1.54, 1.807) is 51.1 Å². The van der Waals surface area contributed by atoms with Crippen LogP contribution in [-0.4, -0.2) is 41.8 Å². The number of ether oxygens (including phenoxy) is 1. The van der Waals surface area contributed by atoms with E-state index in [0.717, 1.165) is 23.9 Å². The number of halogens is 3. The molecule has 0 bridgehead atoms. The lowest BCUT2D eigenvalue weighted by Crippen LogP contribution is -2.39. The van der Waals surface area contributed by atoms with Crippen molar-refractivity contribution in [3.63, 3.8) is 0 Å². The number of carbonyl (C=O) groups excluding carboxylic acids is 1. The maximum atomic E-state index is 13.9. The van der Waals surface area contributed by atoms with E-state index in [0.29, 0.717) is 5.56 Å².